The Balaban J connectivity index is 1.76. The summed E-state index contributed by atoms with van der Waals surface area (Å²) in [5.74, 6) is -0.407. The van der Waals surface area contributed by atoms with Crippen molar-refractivity contribution in [1.82, 2.24) is 15.1 Å². The quantitative estimate of drug-likeness (QED) is 0.745. The van der Waals surface area contributed by atoms with Gasteiger partial charge in [0.15, 0.2) is 6.35 Å². The highest BCUT2D eigenvalue weighted by Gasteiger charge is 2.50. The van der Waals surface area contributed by atoms with E-state index in [-0.39, 0.29) is 17.6 Å². The lowest BCUT2D eigenvalue weighted by Gasteiger charge is -2.49. The number of carbonyl (C=O) groups is 1. The SMILES string of the molecule is CN(C)C1(c2ccccc2)CCC2(CC1)CN(CC(N)=O)C(O)N2. The van der Waals surface area contributed by atoms with E-state index in [9.17, 15) is 9.90 Å². The Morgan fingerprint density at radius 2 is 1.92 bits per heavy atom. The first kappa shape index (κ1) is 17.4. The Hall–Kier alpha value is -1.47. The van der Waals surface area contributed by atoms with Crippen LogP contribution in [0, 0.1) is 0 Å². The molecular weight excluding hydrogens is 304 g/mol. The van der Waals surface area contributed by atoms with Gasteiger partial charge in [0, 0.05) is 17.6 Å². The van der Waals surface area contributed by atoms with Crippen molar-refractivity contribution in [3.63, 3.8) is 0 Å². The van der Waals surface area contributed by atoms with E-state index in [1.54, 1.807) is 4.90 Å². The third-order valence-electron chi connectivity index (χ3n) is 5.85. The van der Waals surface area contributed by atoms with Gasteiger partial charge in [-0.3, -0.25) is 19.9 Å². The van der Waals surface area contributed by atoms with Crippen molar-refractivity contribution in [2.75, 3.05) is 27.2 Å². The number of aliphatic hydroxyl groups is 1. The highest BCUT2D eigenvalue weighted by atomic mass is 16.3. The number of hydrogen-bond acceptors (Lipinski definition) is 5. The molecule has 3 rings (SSSR count). The lowest BCUT2D eigenvalue weighted by molar-refractivity contribution is -0.121. The van der Waals surface area contributed by atoms with Crippen LogP contribution in [-0.2, 0) is 10.3 Å². The average molecular weight is 332 g/mol. The summed E-state index contributed by atoms with van der Waals surface area (Å²) in [6, 6.07) is 10.6. The second-order valence-electron chi connectivity index (χ2n) is 7.46. The topological polar surface area (TPSA) is 81.8 Å². The lowest BCUT2D eigenvalue weighted by Crippen LogP contribution is -2.54. The molecule has 1 unspecified atom stereocenters. The van der Waals surface area contributed by atoms with E-state index in [0.29, 0.717) is 6.54 Å². The maximum Gasteiger partial charge on any atom is 0.231 e. The van der Waals surface area contributed by atoms with Crippen molar-refractivity contribution in [2.45, 2.75) is 43.1 Å². The predicted octanol–water partition coefficient (Wildman–Crippen LogP) is 0.423. The molecule has 1 aromatic carbocycles. The van der Waals surface area contributed by atoms with Crippen LogP contribution in [0.15, 0.2) is 30.3 Å². The summed E-state index contributed by atoms with van der Waals surface area (Å²) < 4.78 is 0. The second-order valence-corrected chi connectivity index (χ2v) is 7.46. The third-order valence-corrected chi connectivity index (χ3v) is 5.85. The maximum absolute atomic E-state index is 11.2. The highest BCUT2D eigenvalue weighted by Crippen LogP contribution is 2.46. The molecule has 4 N–H and O–H groups in total. The fourth-order valence-corrected chi connectivity index (χ4v) is 4.42. The van der Waals surface area contributed by atoms with E-state index < -0.39 is 12.3 Å². The van der Waals surface area contributed by atoms with Crippen LogP contribution in [0.1, 0.15) is 31.2 Å². The Bertz CT molecular complexity index is 582. The van der Waals surface area contributed by atoms with E-state index in [4.69, 9.17) is 5.73 Å². The monoisotopic (exact) mass is 332 g/mol. The molecule has 1 amide bonds. The molecule has 0 radical (unpaired) electrons. The van der Waals surface area contributed by atoms with Crippen molar-refractivity contribution in [3.05, 3.63) is 35.9 Å². The number of carbonyl (C=O) groups excluding carboxylic acids is 1. The molecule has 1 atom stereocenters. The van der Waals surface area contributed by atoms with E-state index in [0.717, 1.165) is 25.7 Å². The summed E-state index contributed by atoms with van der Waals surface area (Å²) in [5.41, 5.74) is 6.52. The van der Waals surface area contributed by atoms with Crippen molar-refractivity contribution < 1.29 is 9.90 Å². The smallest absolute Gasteiger partial charge is 0.231 e. The lowest BCUT2D eigenvalue weighted by atomic mass is 9.69. The first-order valence-corrected chi connectivity index (χ1v) is 8.58. The van der Waals surface area contributed by atoms with Gasteiger partial charge in [0.2, 0.25) is 5.91 Å². The molecule has 24 heavy (non-hydrogen) atoms. The molecule has 1 heterocycles. The van der Waals surface area contributed by atoms with Crippen molar-refractivity contribution in [1.29, 1.82) is 0 Å². The zero-order valence-electron chi connectivity index (χ0n) is 14.5. The van der Waals surface area contributed by atoms with Gasteiger partial charge in [-0.05, 0) is 45.3 Å². The van der Waals surface area contributed by atoms with E-state index in [2.05, 4.69) is 48.6 Å². The summed E-state index contributed by atoms with van der Waals surface area (Å²) >= 11 is 0. The number of rotatable bonds is 4. The minimum absolute atomic E-state index is 0.0241. The van der Waals surface area contributed by atoms with Gasteiger partial charge in [0.1, 0.15) is 0 Å². The summed E-state index contributed by atoms with van der Waals surface area (Å²) in [6.07, 6.45) is 3.13. The summed E-state index contributed by atoms with van der Waals surface area (Å²) in [7, 11) is 4.28. The number of aliphatic hydroxyl groups excluding tert-OH is 1. The largest absolute Gasteiger partial charge is 0.369 e. The second kappa shape index (κ2) is 6.44. The number of nitrogens with zero attached hydrogens (tertiary/aromatic N) is 2. The minimum Gasteiger partial charge on any atom is -0.369 e. The Kier molecular flexibility index (Phi) is 4.66. The Morgan fingerprint density at radius 3 is 2.46 bits per heavy atom. The molecular formula is C18H28N4O2. The van der Waals surface area contributed by atoms with Gasteiger partial charge in [-0.1, -0.05) is 30.3 Å². The van der Waals surface area contributed by atoms with Crippen LogP contribution in [-0.4, -0.2) is 59.9 Å². The fourth-order valence-electron chi connectivity index (χ4n) is 4.42. The van der Waals surface area contributed by atoms with Gasteiger partial charge >= 0.3 is 0 Å². The number of nitrogens with one attached hydrogen (secondary N) is 1. The Labute approximate surface area is 143 Å². The molecule has 2 fully saturated rings. The van der Waals surface area contributed by atoms with Gasteiger partial charge in [-0.15, -0.1) is 0 Å². The average Bonchev–Trinajstić information content (AvgIpc) is 2.84. The standard InChI is InChI=1S/C18H28N4O2/c1-21(2)18(14-6-4-3-5-7-14)10-8-17(9-11-18)13-22(12-15(19)23)16(24)20-17/h3-7,16,20,24H,8-13H2,1-2H3,(H2,19,23). The van der Waals surface area contributed by atoms with E-state index in [1.807, 2.05) is 6.07 Å². The molecule has 0 bridgehead atoms. The van der Waals surface area contributed by atoms with Crippen LogP contribution >= 0.6 is 0 Å². The zero-order valence-corrected chi connectivity index (χ0v) is 14.5. The normalized spacial score (nSPS) is 34.1. The van der Waals surface area contributed by atoms with Crippen molar-refractivity contribution in [2.24, 2.45) is 5.73 Å². The predicted molar refractivity (Wildman–Crippen MR) is 92.9 cm³/mol. The summed E-state index contributed by atoms with van der Waals surface area (Å²) in [6.45, 7) is 0.753. The minimum atomic E-state index is -0.791. The third kappa shape index (κ3) is 3.07. The molecule has 2 aliphatic rings. The molecule has 6 heteroatoms. The number of hydrogen-bond donors (Lipinski definition) is 3. The van der Waals surface area contributed by atoms with Gasteiger partial charge in [0.25, 0.3) is 0 Å². The van der Waals surface area contributed by atoms with Crippen molar-refractivity contribution in [3.8, 4) is 0 Å². The molecule has 1 spiro atoms. The van der Waals surface area contributed by atoms with E-state index in [1.165, 1.54) is 5.56 Å². The van der Waals surface area contributed by atoms with Crippen LogP contribution in [0.5, 0.6) is 0 Å². The van der Waals surface area contributed by atoms with Gasteiger partial charge in [0.05, 0.1) is 6.54 Å². The summed E-state index contributed by atoms with van der Waals surface area (Å²) in [5, 5.41) is 13.5. The fraction of sp³-hybridized carbons (Fsp3) is 0.611. The van der Waals surface area contributed by atoms with Crippen LogP contribution in [0.2, 0.25) is 0 Å². The Morgan fingerprint density at radius 1 is 1.29 bits per heavy atom. The molecule has 1 aliphatic heterocycles. The first-order chi connectivity index (χ1) is 11.4. The van der Waals surface area contributed by atoms with Crippen molar-refractivity contribution >= 4 is 5.91 Å². The molecule has 1 aromatic rings. The maximum atomic E-state index is 11.2. The van der Waals surface area contributed by atoms with Gasteiger partial charge in [-0.2, -0.15) is 0 Å². The molecule has 6 nitrogen and oxygen atoms in total. The number of benzene rings is 1. The summed E-state index contributed by atoms with van der Waals surface area (Å²) in [4.78, 5) is 15.2. The van der Waals surface area contributed by atoms with E-state index >= 15 is 0 Å². The molecule has 132 valence electrons. The first-order valence-electron chi connectivity index (χ1n) is 8.58. The zero-order chi connectivity index (χ0) is 17.4. The highest BCUT2D eigenvalue weighted by molar-refractivity contribution is 5.76. The van der Waals surface area contributed by atoms with Crippen LogP contribution in [0.25, 0.3) is 0 Å². The van der Waals surface area contributed by atoms with Gasteiger partial charge in [-0.25, -0.2) is 0 Å². The van der Waals surface area contributed by atoms with Crippen LogP contribution < -0.4 is 11.1 Å². The number of amides is 1. The van der Waals surface area contributed by atoms with Gasteiger partial charge < -0.3 is 10.8 Å². The number of primary amides is 1. The number of nitrogens with two attached hydrogens (primary N) is 1. The molecule has 0 aromatic heterocycles. The molecule has 1 aliphatic carbocycles. The molecule has 1 saturated heterocycles. The van der Waals surface area contributed by atoms with Crippen LogP contribution in [0.3, 0.4) is 0 Å². The molecule has 1 saturated carbocycles. The van der Waals surface area contributed by atoms with Crippen LogP contribution in [0.4, 0.5) is 0 Å².